The van der Waals surface area contributed by atoms with Crippen molar-refractivity contribution in [1.82, 2.24) is 14.8 Å². The Hall–Kier alpha value is -1.81. The van der Waals surface area contributed by atoms with Gasteiger partial charge in [-0.2, -0.15) is 0 Å². The minimum Gasteiger partial charge on any atom is -0.361 e. The van der Waals surface area contributed by atoms with E-state index in [0.29, 0.717) is 12.5 Å². The number of fused-ring (bicyclic) bond motifs is 1. The van der Waals surface area contributed by atoms with E-state index in [4.69, 9.17) is 0 Å². The second-order valence-corrected chi connectivity index (χ2v) is 6.54. The number of hydrogen-bond acceptors (Lipinski definition) is 2. The Bertz CT molecular complexity index is 647. The number of aromatic amines is 1. The maximum absolute atomic E-state index is 12.8. The maximum Gasteiger partial charge on any atom is 0.227 e. The zero-order valence-electron chi connectivity index (χ0n) is 13.5. The van der Waals surface area contributed by atoms with E-state index in [1.165, 1.54) is 6.42 Å². The molecular weight excluding hydrogens is 274 g/mol. The van der Waals surface area contributed by atoms with Crippen LogP contribution >= 0.6 is 0 Å². The van der Waals surface area contributed by atoms with E-state index >= 15 is 0 Å². The molecule has 0 bridgehead atoms. The zero-order valence-corrected chi connectivity index (χ0v) is 13.5. The minimum atomic E-state index is 0.260. The molecule has 0 unspecified atom stereocenters. The number of para-hydroxylation sites is 1. The highest BCUT2D eigenvalue weighted by atomic mass is 16.2. The quantitative estimate of drug-likeness (QED) is 0.942. The van der Waals surface area contributed by atoms with Crippen LogP contribution in [0.15, 0.2) is 30.5 Å². The minimum absolute atomic E-state index is 0.260. The summed E-state index contributed by atoms with van der Waals surface area (Å²) >= 11 is 0. The molecule has 2 heterocycles. The fourth-order valence-electron chi connectivity index (χ4n) is 3.48. The number of benzene rings is 1. The summed E-state index contributed by atoms with van der Waals surface area (Å²) in [6.07, 6.45) is 5.96. The molecule has 1 N–H and O–H groups in total. The summed E-state index contributed by atoms with van der Waals surface area (Å²) in [6.45, 7) is 1.86. The average Bonchev–Trinajstić information content (AvgIpc) is 2.90. The number of hydrogen-bond donors (Lipinski definition) is 1. The van der Waals surface area contributed by atoms with Crippen molar-refractivity contribution in [2.75, 3.05) is 27.2 Å². The third-order valence-corrected chi connectivity index (χ3v) is 4.54. The van der Waals surface area contributed by atoms with Gasteiger partial charge in [-0.3, -0.25) is 4.79 Å². The largest absolute Gasteiger partial charge is 0.361 e. The van der Waals surface area contributed by atoms with Gasteiger partial charge in [0.1, 0.15) is 0 Å². The average molecular weight is 299 g/mol. The molecule has 0 saturated carbocycles. The van der Waals surface area contributed by atoms with Gasteiger partial charge in [0.2, 0.25) is 5.91 Å². The first-order valence-electron chi connectivity index (χ1n) is 8.14. The first-order chi connectivity index (χ1) is 10.6. The van der Waals surface area contributed by atoms with Crippen molar-refractivity contribution in [3.8, 4) is 0 Å². The van der Waals surface area contributed by atoms with Gasteiger partial charge in [0.05, 0.1) is 6.42 Å². The molecule has 22 heavy (non-hydrogen) atoms. The molecule has 118 valence electrons. The molecule has 1 atom stereocenters. The van der Waals surface area contributed by atoms with E-state index in [1.807, 2.05) is 18.3 Å². The van der Waals surface area contributed by atoms with Crippen LogP contribution in [0.4, 0.5) is 0 Å². The monoisotopic (exact) mass is 299 g/mol. The van der Waals surface area contributed by atoms with Crippen molar-refractivity contribution in [3.05, 3.63) is 36.0 Å². The Balaban J connectivity index is 1.75. The lowest BCUT2D eigenvalue weighted by Crippen LogP contribution is -2.48. The van der Waals surface area contributed by atoms with Gasteiger partial charge in [0.15, 0.2) is 0 Å². The molecule has 2 aromatic rings. The van der Waals surface area contributed by atoms with Crippen LogP contribution in [0.5, 0.6) is 0 Å². The molecule has 4 nitrogen and oxygen atoms in total. The fourth-order valence-corrected chi connectivity index (χ4v) is 3.48. The lowest BCUT2D eigenvalue weighted by atomic mass is 10.00. The number of amides is 1. The van der Waals surface area contributed by atoms with E-state index < -0.39 is 0 Å². The molecule has 4 heteroatoms. The number of rotatable bonds is 4. The third-order valence-electron chi connectivity index (χ3n) is 4.54. The normalized spacial score (nSPS) is 19.0. The van der Waals surface area contributed by atoms with Crippen molar-refractivity contribution < 1.29 is 4.79 Å². The number of H-pyrrole nitrogens is 1. The van der Waals surface area contributed by atoms with Crippen molar-refractivity contribution in [2.45, 2.75) is 31.7 Å². The van der Waals surface area contributed by atoms with Crippen LogP contribution in [-0.2, 0) is 11.2 Å². The Morgan fingerprint density at radius 1 is 1.32 bits per heavy atom. The highest BCUT2D eigenvalue weighted by molar-refractivity contribution is 5.89. The Morgan fingerprint density at radius 2 is 2.14 bits per heavy atom. The predicted octanol–water partition coefficient (Wildman–Crippen LogP) is 2.65. The first kappa shape index (κ1) is 15.1. The Kier molecular flexibility index (Phi) is 4.48. The van der Waals surface area contributed by atoms with Crippen molar-refractivity contribution in [2.24, 2.45) is 0 Å². The van der Waals surface area contributed by atoms with E-state index in [2.05, 4.69) is 41.0 Å². The van der Waals surface area contributed by atoms with Gasteiger partial charge in [-0.25, -0.2) is 0 Å². The molecule has 1 aliphatic rings. The molecular formula is C18H25N3O. The summed E-state index contributed by atoms with van der Waals surface area (Å²) in [4.78, 5) is 20.3. The van der Waals surface area contributed by atoms with E-state index in [9.17, 15) is 4.79 Å². The summed E-state index contributed by atoms with van der Waals surface area (Å²) < 4.78 is 0. The highest BCUT2D eigenvalue weighted by Crippen LogP contribution is 2.22. The van der Waals surface area contributed by atoms with Crippen LogP contribution < -0.4 is 0 Å². The Morgan fingerprint density at radius 3 is 2.95 bits per heavy atom. The van der Waals surface area contributed by atoms with Crippen LogP contribution in [0, 0.1) is 0 Å². The number of likely N-dealkylation sites (N-methyl/N-ethyl adjacent to an activating group) is 1. The van der Waals surface area contributed by atoms with Crippen LogP contribution in [0.1, 0.15) is 24.8 Å². The van der Waals surface area contributed by atoms with Crippen LogP contribution in [0.25, 0.3) is 10.9 Å². The standard InChI is InChI=1S/C18H25N3O/c1-20(2)13-15-7-5-6-10-21(15)18(22)11-14-12-19-17-9-4-3-8-16(14)17/h3-4,8-9,12,15,19H,5-7,10-11,13H2,1-2H3/t15-/m0/s1. The first-order valence-corrected chi connectivity index (χ1v) is 8.14. The smallest absolute Gasteiger partial charge is 0.227 e. The van der Waals surface area contributed by atoms with Gasteiger partial charge in [-0.1, -0.05) is 18.2 Å². The van der Waals surface area contributed by atoms with Gasteiger partial charge >= 0.3 is 0 Å². The number of aromatic nitrogens is 1. The van der Waals surface area contributed by atoms with Gasteiger partial charge in [-0.05, 0) is 45.0 Å². The number of carbonyl (C=O) groups is 1. The molecule has 1 fully saturated rings. The zero-order chi connectivity index (χ0) is 15.5. The number of nitrogens with zero attached hydrogens (tertiary/aromatic N) is 2. The molecule has 0 aliphatic carbocycles. The molecule has 1 saturated heterocycles. The van der Waals surface area contributed by atoms with Crippen LogP contribution in [0.2, 0.25) is 0 Å². The molecule has 1 amide bonds. The third kappa shape index (κ3) is 3.17. The highest BCUT2D eigenvalue weighted by Gasteiger charge is 2.27. The molecule has 3 rings (SSSR count). The second kappa shape index (κ2) is 6.53. The fraction of sp³-hybridized carbons (Fsp3) is 0.500. The summed E-state index contributed by atoms with van der Waals surface area (Å²) in [6, 6.07) is 8.55. The molecule has 1 aromatic carbocycles. The summed E-state index contributed by atoms with van der Waals surface area (Å²) in [5.74, 6) is 0.260. The van der Waals surface area contributed by atoms with Crippen molar-refractivity contribution >= 4 is 16.8 Å². The molecule has 0 spiro atoms. The molecule has 0 radical (unpaired) electrons. The summed E-state index contributed by atoms with van der Waals surface area (Å²) in [5, 5.41) is 1.16. The summed E-state index contributed by atoms with van der Waals surface area (Å²) in [5.41, 5.74) is 2.21. The van der Waals surface area contributed by atoms with E-state index in [-0.39, 0.29) is 5.91 Å². The van der Waals surface area contributed by atoms with Gasteiger partial charge in [-0.15, -0.1) is 0 Å². The van der Waals surface area contributed by atoms with E-state index in [0.717, 1.165) is 42.4 Å². The van der Waals surface area contributed by atoms with Crippen molar-refractivity contribution in [1.29, 1.82) is 0 Å². The lowest BCUT2D eigenvalue weighted by molar-refractivity contribution is -0.134. The molecule has 1 aliphatic heterocycles. The van der Waals surface area contributed by atoms with Crippen molar-refractivity contribution in [3.63, 3.8) is 0 Å². The predicted molar refractivity (Wildman–Crippen MR) is 89.9 cm³/mol. The van der Waals surface area contributed by atoms with Gasteiger partial charge in [0, 0.05) is 36.2 Å². The molecule has 1 aromatic heterocycles. The van der Waals surface area contributed by atoms with Gasteiger partial charge < -0.3 is 14.8 Å². The number of carbonyl (C=O) groups excluding carboxylic acids is 1. The number of piperidine rings is 1. The summed E-state index contributed by atoms with van der Waals surface area (Å²) in [7, 11) is 4.16. The van der Waals surface area contributed by atoms with E-state index in [1.54, 1.807) is 0 Å². The van der Waals surface area contributed by atoms with Crippen LogP contribution in [0.3, 0.4) is 0 Å². The Labute approximate surface area is 132 Å². The van der Waals surface area contributed by atoms with Crippen LogP contribution in [-0.4, -0.2) is 53.9 Å². The second-order valence-electron chi connectivity index (χ2n) is 6.54. The maximum atomic E-state index is 12.8. The lowest BCUT2D eigenvalue weighted by Gasteiger charge is -2.37. The SMILES string of the molecule is CN(C)C[C@@H]1CCCCN1C(=O)Cc1c[nH]c2ccccc12. The number of likely N-dealkylation sites (tertiary alicyclic amines) is 1. The van der Waals surface area contributed by atoms with Gasteiger partial charge in [0.25, 0.3) is 0 Å². The number of nitrogens with one attached hydrogen (secondary N) is 1. The topological polar surface area (TPSA) is 39.3 Å².